The third-order valence-corrected chi connectivity index (χ3v) is 3.91. The van der Waals surface area contributed by atoms with Crippen molar-refractivity contribution in [3.63, 3.8) is 0 Å². The molecule has 2 heteroatoms. The summed E-state index contributed by atoms with van der Waals surface area (Å²) in [5.41, 5.74) is 3.41. The molecule has 0 radical (unpaired) electrons. The van der Waals surface area contributed by atoms with Gasteiger partial charge >= 0.3 is 0 Å². The van der Waals surface area contributed by atoms with Gasteiger partial charge in [0.1, 0.15) is 0 Å². The fraction of sp³-hybridized carbons (Fsp3) is 0. The second-order valence-corrected chi connectivity index (χ2v) is 5.38. The van der Waals surface area contributed by atoms with Gasteiger partial charge in [0.25, 0.3) is 0 Å². The molecule has 0 bridgehead atoms. The topological polar surface area (TPSA) is 17.3 Å². The van der Waals surface area contributed by atoms with Gasteiger partial charge in [-0.1, -0.05) is 72.8 Å². The summed E-state index contributed by atoms with van der Waals surface area (Å²) >= 11 is 0. The van der Waals surface area contributed by atoms with E-state index in [0.717, 1.165) is 11.0 Å². The number of rotatable bonds is 3. The second-order valence-electron chi connectivity index (χ2n) is 5.38. The minimum Gasteiger partial charge on any atom is -0.233 e. The van der Waals surface area contributed by atoms with E-state index in [1.807, 2.05) is 47.3 Å². The quantitative estimate of drug-likeness (QED) is 0.454. The van der Waals surface area contributed by atoms with E-state index in [2.05, 4.69) is 59.7 Å². The maximum absolute atomic E-state index is 4.64. The Morgan fingerprint density at radius 3 is 1.87 bits per heavy atom. The standard InChI is InChI=1S/C21H16N2/c1-2-9-17(10-3-1)11-8-16-22-23-20-14-6-4-12-18(20)19-13-5-7-15-21(19)23/h1-16H/b11-8-,22-16+. The summed E-state index contributed by atoms with van der Waals surface area (Å²) < 4.78 is 2.00. The van der Waals surface area contributed by atoms with Gasteiger partial charge in [0.05, 0.1) is 11.0 Å². The first kappa shape index (κ1) is 13.5. The van der Waals surface area contributed by atoms with E-state index in [4.69, 9.17) is 0 Å². The van der Waals surface area contributed by atoms with Crippen molar-refractivity contribution in [2.45, 2.75) is 0 Å². The third kappa shape index (κ3) is 2.55. The number of hydrogen-bond acceptors (Lipinski definition) is 1. The van der Waals surface area contributed by atoms with Crippen LogP contribution in [-0.2, 0) is 0 Å². The van der Waals surface area contributed by atoms with E-state index in [0.29, 0.717) is 0 Å². The van der Waals surface area contributed by atoms with E-state index < -0.39 is 0 Å². The first-order valence-corrected chi connectivity index (χ1v) is 7.68. The van der Waals surface area contributed by atoms with E-state index in [1.165, 1.54) is 16.3 Å². The molecular formula is C21H16N2. The van der Waals surface area contributed by atoms with Gasteiger partial charge in [-0.2, -0.15) is 5.10 Å². The van der Waals surface area contributed by atoms with Gasteiger partial charge in [0.2, 0.25) is 0 Å². The Hall–Kier alpha value is -3.13. The van der Waals surface area contributed by atoms with Crippen LogP contribution in [0.1, 0.15) is 5.56 Å². The van der Waals surface area contributed by atoms with E-state index >= 15 is 0 Å². The predicted molar refractivity (Wildman–Crippen MR) is 98.8 cm³/mol. The highest BCUT2D eigenvalue weighted by molar-refractivity contribution is 6.08. The summed E-state index contributed by atoms with van der Waals surface area (Å²) in [6.45, 7) is 0. The molecule has 0 spiro atoms. The van der Waals surface area contributed by atoms with Crippen molar-refractivity contribution >= 4 is 34.1 Å². The molecular weight excluding hydrogens is 280 g/mol. The number of fused-ring (bicyclic) bond motifs is 3. The molecule has 0 saturated heterocycles. The molecule has 0 fully saturated rings. The van der Waals surface area contributed by atoms with Gasteiger partial charge in [0, 0.05) is 17.0 Å². The lowest BCUT2D eigenvalue weighted by molar-refractivity contribution is 0.976. The summed E-state index contributed by atoms with van der Waals surface area (Å²) in [6, 6.07) is 27.0. The van der Waals surface area contributed by atoms with Crippen molar-refractivity contribution in [3.8, 4) is 0 Å². The zero-order valence-electron chi connectivity index (χ0n) is 12.6. The van der Waals surface area contributed by atoms with Gasteiger partial charge in [-0.25, -0.2) is 4.68 Å². The molecule has 23 heavy (non-hydrogen) atoms. The van der Waals surface area contributed by atoms with Crippen LogP contribution in [0.25, 0.3) is 27.9 Å². The van der Waals surface area contributed by atoms with Gasteiger partial charge < -0.3 is 0 Å². The fourth-order valence-electron chi connectivity index (χ4n) is 2.85. The van der Waals surface area contributed by atoms with Crippen LogP contribution in [-0.4, -0.2) is 10.9 Å². The Balaban J connectivity index is 1.76. The zero-order chi connectivity index (χ0) is 15.5. The normalized spacial score (nSPS) is 12.0. The number of aromatic nitrogens is 1. The minimum absolute atomic E-state index is 1.12. The Bertz CT molecular complexity index is 955. The minimum atomic E-state index is 1.12. The summed E-state index contributed by atoms with van der Waals surface area (Å²) in [4.78, 5) is 0. The molecule has 0 unspecified atom stereocenters. The van der Waals surface area contributed by atoms with E-state index in [1.54, 1.807) is 0 Å². The van der Waals surface area contributed by atoms with Gasteiger partial charge in [-0.3, -0.25) is 0 Å². The molecule has 0 N–H and O–H groups in total. The number of hydrogen-bond donors (Lipinski definition) is 0. The molecule has 0 aliphatic carbocycles. The molecule has 0 aliphatic rings. The van der Waals surface area contributed by atoms with Crippen LogP contribution in [0.4, 0.5) is 0 Å². The van der Waals surface area contributed by atoms with Crippen molar-refractivity contribution < 1.29 is 0 Å². The van der Waals surface area contributed by atoms with Crippen molar-refractivity contribution in [1.29, 1.82) is 0 Å². The molecule has 0 aliphatic heterocycles. The highest BCUT2D eigenvalue weighted by Crippen LogP contribution is 2.28. The van der Waals surface area contributed by atoms with Gasteiger partial charge in [-0.15, -0.1) is 0 Å². The number of nitrogens with zero attached hydrogens (tertiary/aromatic N) is 2. The molecule has 0 amide bonds. The maximum atomic E-state index is 4.64. The lowest BCUT2D eigenvalue weighted by atomic mass is 10.2. The van der Waals surface area contributed by atoms with Crippen LogP contribution >= 0.6 is 0 Å². The van der Waals surface area contributed by atoms with Gasteiger partial charge in [0.15, 0.2) is 0 Å². The molecule has 0 saturated carbocycles. The van der Waals surface area contributed by atoms with E-state index in [-0.39, 0.29) is 0 Å². The van der Waals surface area contributed by atoms with Crippen LogP contribution in [0.15, 0.2) is 90.0 Å². The smallest absolute Gasteiger partial charge is 0.0732 e. The van der Waals surface area contributed by atoms with Crippen LogP contribution in [0, 0.1) is 0 Å². The first-order valence-electron chi connectivity index (χ1n) is 7.68. The molecule has 0 atom stereocenters. The average Bonchev–Trinajstić information content (AvgIpc) is 2.94. The Morgan fingerprint density at radius 2 is 1.22 bits per heavy atom. The molecule has 3 aromatic carbocycles. The number of para-hydroxylation sites is 2. The summed E-state index contributed by atoms with van der Waals surface area (Å²) in [5.74, 6) is 0. The van der Waals surface area contributed by atoms with Crippen LogP contribution in [0.5, 0.6) is 0 Å². The molecule has 4 rings (SSSR count). The molecule has 1 heterocycles. The first-order chi connectivity index (χ1) is 11.4. The monoisotopic (exact) mass is 296 g/mol. The second kappa shape index (κ2) is 5.93. The highest BCUT2D eigenvalue weighted by atomic mass is 15.3. The Morgan fingerprint density at radius 1 is 0.652 bits per heavy atom. The van der Waals surface area contributed by atoms with Crippen LogP contribution in [0.3, 0.4) is 0 Å². The Kier molecular flexibility index (Phi) is 3.49. The lowest BCUT2D eigenvalue weighted by Crippen LogP contribution is -1.87. The molecule has 110 valence electrons. The van der Waals surface area contributed by atoms with Crippen molar-refractivity contribution in [1.82, 2.24) is 4.68 Å². The predicted octanol–water partition coefficient (Wildman–Crippen LogP) is 5.34. The largest absolute Gasteiger partial charge is 0.233 e. The molecule has 1 aromatic heterocycles. The number of allylic oxidation sites excluding steroid dienone is 1. The maximum Gasteiger partial charge on any atom is 0.0732 e. The molecule has 2 nitrogen and oxygen atoms in total. The molecule has 4 aromatic rings. The van der Waals surface area contributed by atoms with Crippen molar-refractivity contribution in [2.75, 3.05) is 0 Å². The SMILES string of the molecule is C(=C/c1ccccc1)/C=N/n1c2ccccc2c2ccccc21. The van der Waals surface area contributed by atoms with E-state index in [9.17, 15) is 0 Å². The average molecular weight is 296 g/mol. The summed E-state index contributed by atoms with van der Waals surface area (Å²) in [5, 5.41) is 7.10. The lowest BCUT2D eigenvalue weighted by Gasteiger charge is -1.98. The summed E-state index contributed by atoms with van der Waals surface area (Å²) in [7, 11) is 0. The number of benzene rings is 3. The van der Waals surface area contributed by atoms with Crippen LogP contribution in [0.2, 0.25) is 0 Å². The van der Waals surface area contributed by atoms with Crippen molar-refractivity contribution in [3.05, 3.63) is 90.5 Å². The Labute approximate surface area is 135 Å². The third-order valence-electron chi connectivity index (χ3n) is 3.91. The highest BCUT2D eigenvalue weighted by Gasteiger charge is 2.07. The zero-order valence-corrected chi connectivity index (χ0v) is 12.6. The fourth-order valence-corrected chi connectivity index (χ4v) is 2.85. The van der Waals surface area contributed by atoms with Crippen molar-refractivity contribution in [2.24, 2.45) is 5.10 Å². The van der Waals surface area contributed by atoms with Crippen LogP contribution < -0.4 is 0 Å². The summed E-state index contributed by atoms with van der Waals surface area (Å²) in [6.07, 6.45) is 5.86. The van der Waals surface area contributed by atoms with Gasteiger partial charge in [-0.05, 0) is 23.8 Å².